The van der Waals surface area contributed by atoms with Gasteiger partial charge in [0.25, 0.3) is 15.9 Å². The molecule has 1 aliphatic heterocycles. The van der Waals surface area contributed by atoms with Crippen molar-refractivity contribution in [1.82, 2.24) is 4.98 Å². The van der Waals surface area contributed by atoms with Crippen molar-refractivity contribution >= 4 is 43.8 Å². The van der Waals surface area contributed by atoms with Crippen LogP contribution in [0.3, 0.4) is 0 Å². The van der Waals surface area contributed by atoms with Crippen LogP contribution in [0.5, 0.6) is 0 Å². The predicted octanol–water partition coefficient (Wildman–Crippen LogP) is 6.49. The number of benzene rings is 3. The maximum atomic E-state index is 13.3. The highest BCUT2D eigenvalue weighted by Crippen LogP contribution is 2.63. The van der Waals surface area contributed by atoms with Crippen molar-refractivity contribution in [3.63, 3.8) is 0 Å². The van der Waals surface area contributed by atoms with Gasteiger partial charge in [-0.2, -0.15) is 0 Å². The smallest absolute Gasteiger partial charge is 0.263 e. The van der Waals surface area contributed by atoms with Crippen LogP contribution in [0.2, 0.25) is 0 Å². The summed E-state index contributed by atoms with van der Waals surface area (Å²) in [6, 6.07) is 23.2. The average Bonchev–Trinajstić information content (AvgIpc) is 3.72. The van der Waals surface area contributed by atoms with E-state index >= 15 is 0 Å². The number of fused-ring (bicyclic) bond motifs is 7. The van der Waals surface area contributed by atoms with Gasteiger partial charge in [0.2, 0.25) is 0 Å². The number of carbonyl (C=O) groups excluding carboxylic acids is 1. The van der Waals surface area contributed by atoms with Crippen LogP contribution >= 0.6 is 11.3 Å². The summed E-state index contributed by atoms with van der Waals surface area (Å²) >= 11 is 1.21. The third-order valence-corrected chi connectivity index (χ3v) is 10.8. The number of aromatic nitrogens is 1. The van der Waals surface area contributed by atoms with Gasteiger partial charge < -0.3 is 10.6 Å². The number of nitrogens with zero attached hydrogens (tertiary/aromatic N) is 1. The van der Waals surface area contributed by atoms with E-state index in [0.29, 0.717) is 46.1 Å². The van der Waals surface area contributed by atoms with Crippen molar-refractivity contribution in [2.24, 2.45) is 17.8 Å². The van der Waals surface area contributed by atoms with E-state index in [9.17, 15) is 13.2 Å². The molecule has 2 aliphatic carbocycles. The van der Waals surface area contributed by atoms with Crippen LogP contribution in [0.1, 0.15) is 52.7 Å². The van der Waals surface area contributed by atoms with Crippen LogP contribution < -0.4 is 15.4 Å². The standard InChI is InChI=1S/C30H28N4O3S2/c35-29(32-22-9-11-23(12-10-22)39(36,37)34-30-31-14-15-38-30)21-8-13-25-24(17-21)26-19-6-7-20(16-19)27(26)28(33-25)18-4-2-1-3-5-18/h1-5,8-15,17,19-20,26-28,33H,6-7,16H2,(H,31,34)(H,32,35)/t19-,20-,26-,27-,28+/m0/s1. The van der Waals surface area contributed by atoms with Crippen molar-refractivity contribution < 1.29 is 13.2 Å². The van der Waals surface area contributed by atoms with Crippen LogP contribution in [-0.4, -0.2) is 19.3 Å². The Hall–Kier alpha value is -3.69. The molecule has 2 heterocycles. The maximum Gasteiger partial charge on any atom is 0.263 e. The Balaban J connectivity index is 1.12. The van der Waals surface area contributed by atoms with Gasteiger partial charge in [-0.3, -0.25) is 9.52 Å². The maximum absolute atomic E-state index is 13.3. The molecule has 1 aromatic heterocycles. The fourth-order valence-corrected chi connectivity index (χ4v) is 8.77. The fourth-order valence-electron chi connectivity index (χ4n) is 6.99. The van der Waals surface area contributed by atoms with Crippen molar-refractivity contribution in [2.75, 3.05) is 15.4 Å². The molecule has 2 saturated carbocycles. The van der Waals surface area contributed by atoms with Crippen LogP contribution in [0, 0.1) is 17.8 Å². The molecule has 0 radical (unpaired) electrons. The van der Waals surface area contributed by atoms with Gasteiger partial charge in [0.15, 0.2) is 5.13 Å². The summed E-state index contributed by atoms with van der Waals surface area (Å²) in [5, 5.41) is 8.76. The number of amides is 1. The van der Waals surface area contributed by atoms with Gasteiger partial charge in [0, 0.05) is 28.5 Å². The van der Waals surface area contributed by atoms with E-state index in [1.807, 2.05) is 12.1 Å². The molecule has 9 heteroatoms. The Labute approximate surface area is 231 Å². The zero-order valence-electron chi connectivity index (χ0n) is 21.1. The van der Waals surface area contributed by atoms with Gasteiger partial charge in [-0.25, -0.2) is 13.4 Å². The molecule has 3 aliphatic rings. The van der Waals surface area contributed by atoms with E-state index in [1.165, 1.54) is 60.1 Å². The molecule has 7 nitrogen and oxygen atoms in total. The second kappa shape index (κ2) is 9.50. The van der Waals surface area contributed by atoms with E-state index in [0.717, 1.165) is 5.69 Å². The minimum Gasteiger partial charge on any atom is -0.378 e. The number of rotatable bonds is 6. The summed E-state index contributed by atoms with van der Waals surface area (Å²) in [5.41, 5.74) is 4.85. The molecule has 0 saturated heterocycles. The molecule has 2 fully saturated rings. The summed E-state index contributed by atoms with van der Waals surface area (Å²) < 4.78 is 27.7. The van der Waals surface area contributed by atoms with Gasteiger partial charge in [-0.15, -0.1) is 11.3 Å². The van der Waals surface area contributed by atoms with E-state index in [4.69, 9.17) is 0 Å². The van der Waals surface area contributed by atoms with Gasteiger partial charge >= 0.3 is 0 Å². The number of carbonyl (C=O) groups is 1. The van der Waals surface area contributed by atoms with Crippen molar-refractivity contribution in [3.8, 4) is 0 Å². The summed E-state index contributed by atoms with van der Waals surface area (Å²) in [4.78, 5) is 17.3. The predicted molar refractivity (Wildman–Crippen MR) is 154 cm³/mol. The molecule has 4 aromatic rings. The van der Waals surface area contributed by atoms with Crippen molar-refractivity contribution in [2.45, 2.75) is 36.1 Å². The van der Waals surface area contributed by atoms with Crippen LogP contribution in [0.4, 0.5) is 16.5 Å². The highest BCUT2D eigenvalue weighted by atomic mass is 32.2. The van der Waals surface area contributed by atoms with Crippen LogP contribution in [0.15, 0.2) is 89.3 Å². The lowest BCUT2D eigenvalue weighted by Crippen LogP contribution is -2.35. The Morgan fingerprint density at radius 1 is 0.974 bits per heavy atom. The van der Waals surface area contributed by atoms with Gasteiger partial charge in [0.05, 0.1) is 10.9 Å². The first-order valence-electron chi connectivity index (χ1n) is 13.3. The molecular formula is C30H28N4O3S2. The lowest BCUT2D eigenvalue weighted by Gasteiger charge is -2.43. The van der Waals surface area contributed by atoms with E-state index in [2.05, 4.69) is 56.7 Å². The van der Waals surface area contributed by atoms with E-state index < -0.39 is 10.0 Å². The Morgan fingerprint density at radius 3 is 2.54 bits per heavy atom. The topological polar surface area (TPSA) is 100 Å². The summed E-state index contributed by atoms with van der Waals surface area (Å²) in [6.45, 7) is 0. The van der Waals surface area contributed by atoms with Gasteiger partial charge in [0.1, 0.15) is 0 Å². The molecule has 2 bridgehead atoms. The van der Waals surface area contributed by atoms with E-state index in [-0.39, 0.29) is 10.8 Å². The first kappa shape index (κ1) is 24.4. The molecule has 3 N–H and O–H groups in total. The SMILES string of the molecule is O=C(Nc1ccc(S(=O)(=O)Nc2nccs2)cc1)c1ccc2c(c1)[C@@H]1[C@H]3CC[C@@H](C3)[C@@H]1[C@@H](c1ccccc1)N2. The Morgan fingerprint density at radius 2 is 1.77 bits per heavy atom. The highest BCUT2D eigenvalue weighted by molar-refractivity contribution is 7.93. The second-order valence-corrected chi connectivity index (χ2v) is 13.3. The summed E-state index contributed by atoms with van der Waals surface area (Å²) in [5.74, 6) is 2.15. The molecule has 0 spiro atoms. The molecule has 39 heavy (non-hydrogen) atoms. The first-order valence-corrected chi connectivity index (χ1v) is 15.6. The number of thiazole rings is 1. The zero-order valence-corrected chi connectivity index (χ0v) is 22.7. The molecule has 5 atom stereocenters. The van der Waals surface area contributed by atoms with Gasteiger partial charge in [-0.1, -0.05) is 30.3 Å². The molecule has 3 aromatic carbocycles. The average molecular weight is 557 g/mol. The number of sulfonamides is 1. The number of nitrogens with one attached hydrogen (secondary N) is 3. The monoisotopic (exact) mass is 556 g/mol. The number of hydrogen-bond acceptors (Lipinski definition) is 6. The third kappa shape index (κ3) is 4.39. The van der Waals surface area contributed by atoms with Crippen molar-refractivity contribution in [1.29, 1.82) is 0 Å². The Kier molecular flexibility index (Phi) is 5.93. The lowest BCUT2D eigenvalue weighted by atomic mass is 9.68. The molecule has 198 valence electrons. The zero-order chi connectivity index (χ0) is 26.6. The van der Waals surface area contributed by atoms with E-state index in [1.54, 1.807) is 17.5 Å². The normalized spacial score (nSPS) is 24.9. The van der Waals surface area contributed by atoms with Crippen LogP contribution in [0.25, 0.3) is 0 Å². The largest absolute Gasteiger partial charge is 0.378 e. The molecule has 0 unspecified atom stereocenters. The number of anilines is 3. The quantitative estimate of drug-likeness (QED) is 0.252. The first-order chi connectivity index (χ1) is 19.0. The highest BCUT2D eigenvalue weighted by Gasteiger charge is 2.53. The summed E-state index contributed by atoms with van der Waals surface area (Å²) in [7, 11) is -3.75. The minimum absolute atomic E-state index is 0.103. The minimum atomic E-state index is -3.75. The lowest BCUT2D eigenvalue weighted by molar-refractivity contribution is 0.102. The molecule has 7 rings (SSSR count). The van der Waals surface area contributed by atoms with Crippen LogP contribution in [-0.2, 0) is 10.0 Å². The van der Waals surface area contributed by atoms with Gasteiger partial charge in [-0.05, 0) is 96.5 Å². The molecular weight excluding hydrogens is 528 g/mol. The van der Waals surface area contributed by atoms with Crippen molar-refractivity contribution in [3.05, 3.63) is 101 Å². The summed E-state index contributed by atoms with van der Waals surface area (Å²) in [6.07, 6.45) is 5.35. The molecule has 1 amide bonds. The third-order valence-electron chi connectivity index (χ3n) is 8.58. The fraction of sp³-hybridized carbons (Fsp3) is 0.267. The second-order valence-electron chi connectivity index (χ2n) is 10.7. The number of hydrogen-bond donors (Lipinski definition) is 3. The Bertz CT molecular complexity index is 1620.